The van der Waals surface area contributed by atoms with E-state index >= 15 is 0 Å². The molecule has 0 radical (unpaired) electrons. The molecular weight excluding hydrogens is 439 g/mol. The van der Waals surface area contributed by atoms with Gasteiger partial charge in [0.1, 0.15) is 0 Å². The minimum atomic E-state index is -5.71. The standard InChI is InChI=1S/C23H24F3N3O2S/c24-23(25,26)32(30,31)27-22-28(15-18-9-3-1-4-10-18)17-20-13-7-8-14-21(20)29(22)16-19-11-5-2-6-12-19/h1-6,8-12,14,20-21H,7,13,15-17H2/b27-22-/t20-,21-/m0/s1. The quantitative estimate of drug-likeness (QED) is 0.611. The van der Waals surface area contributed by atoms with E-state index in [1.807, 2.05) is 72.8 Å². The molecule has 2 aromatic rings. The van der Waals surface area contributed by atoms with Crippen molar-refractivity contribution < 1.29 is 21.6 Å². The summed E-state index contributed by atoms with van der Waals surface area (Å²) in [6, 6.07) is 18.3. The van der Waals surface area contributed by atoms with E-state index in [-0.39, 0.29) is 31.0 Å². The fourth-order valence-corrected chi connectivity index (χ4v) is 4.81. The van der Waals surface area contributed by atoms with Gasteiger partial charge in [-0.25, -0.2) is 0 Å². The maximum atomic E-state index is 13.3. The zero-order valence-electron chi connectivity index (χ0n) is 17.3. The minimum Gasteiger partial charge on any atom is -0.337 e. The molecule has 1 saturated heterocycles. The van der Waals surface area contributed by atoms with Crippen molar-refractivity contribution >= 4 is 16.0 Å². The molecule has 2 aromatic carbocycles. The Bertz CT molecular complexity index is 1090. The van der Waals surface area contributed by atoms with Gasteiger partial charge >= 0.3 is 15.5 Å². The highest BCUT2D eigenvalue weighted by molar-refractivity contribution is 7.91. The molecule has 1 aliphatic heterocycles. The molecule has 170 valence electrons. The fourth-order valence-electron chi connectivity index (χ4n) is 4.28. The van der Waals surface area contributed by atoms with Crippen LogP contribution in [0.25, 0.3) is 0 Å². The van der Waals surface area contributed by atoms with E-state index in [9.17, 15) is 21.6 Å². The molecule has 0 unspecified atom stereocenters. The summed E-state index contributed by atoms with van der Waals surface area (Å²) in [6.07, 6.45) is 5.72. The van der Waals surface area contributed by atoms with Gasteiger partial charge in [-0.2, -0.15) is 21.6 Å². The van der Waals surface area contributed by atoms with E-state index in [1.54, 1.807) is 9.80 Å². The Morgan fingerprint density at radius 3 is 2.12 bits per heavy atom. The van der Waals surface area contributed by atoms with Crippen LogP contribution in [0.4, 0.5) is 13.2 Å². The summed E-state index contributed by atoms with van der Waals surface area (Å²) in [5.74, 6) is -0.0113. The molecule has 4 rings (SSSR count). The number of rotatable bonds is 5. The van der Waals surface area contributed by atoms with Crippen molar-refractivity contribution in [3.05, 3.63) is 83.9 Å². The van der Waals surface area contributed by atoms with Gasteiger partial charge in [0.25, 0.3) is 0 Å². The number of allylic oxidation sites excluding steroid dienone is 1. The van der Waals surface area contributed by atoms with Crippen LogP contribution in [0.5, 0.6) is 0 Å². The lowest BCUT2D eigenvalue weighted by Crippen LogP contribution is -2.59. The minimum absolute atomic E-state index is 0.153. The van der Waals surface area contributed by atoms with Gasteiger partial charge in [-0.1, -0.05) is 72.8 Å². The average molecular weight is 464 g/mol. The number of sulfonamides is 1. The molecule has 0 bridgehead atoms. The summed E-state index contributed by atoms with van der Waals surface area (Å²) in [6.45, 7) is 0.955. The van der Waals surface area contributed by atoms with Crippen molar-refractivity contribution in [3.8, 4) is 0 Å². The largest absolute Gasteiger partial charge is 0.518 e. The highest BCUT2D eigenvalue weighted by Gasteiger charge is 2.48. The van der Waals surface area contributed by atoms with Crippen LogP contribution in [-0.2, 0) is 23.1 Å². The molecule has 5 nitrogen and oxygen atoms in total. The molecule has 0 aromatic heterocycles. The molecule has 2 aliphatic rings. The summed E-state index contributed by atoms with van der Waals surface area (Å²) >= 11 is 0. The summed E-state index contributed by atoms with van der Waals surface area (Å²) in [5.41, 5.74) is -3.73. The lowest BCUT2D eigenvalue weighted by Gasteiger charge is -2.49. The van der Waals surface area contributed by atoms with Crippen molar-refractivity contribution in [2.45, 2.75) is 37.5 Å². The molecule has 0 amide bonds. The first kappa shape index (κ1) is 22.4. The third kappa shape index (κ3) is 4.82. The van der Waals surface area contributed by atoms with Crippen LogP contribution in [0, 0.1) is 5.92 Å². The molecule has 2 atom stereocenters. The van der Waals surface area contributed by atoms with E-state index in [2.05, 4.69) is 4.40 Å². The number of benzene rings is 2. The van der Waals surface area contributed by atoms with Gasteiger partial charge in [-0.15, -0.1) is 4.40 Å². The highest BCUT2D eigenvalue weighted by Crippen LogP contribution is 2.34. The topological polar surface area (TPSA) is 53.0 Å². The second-order valence-corrected chi connectivity index (χ2v) is 9.64. The SMILES string of the molecule is O=S(=O)(/N=C1/N(Cc2ccccc2)C[C@@H]2CCC=C[C@@H]2N1Cc1ccccc1)C(F)(F)F. The molecule has 9 heteroatoms. The van der Waals surface area contributed by atoms with Crippen LogP contribution in [0.2, 0.25) is 0 Å². The number of halogens is 3. The first-order valence-electron chi connectivity index (χ1n) is 10.4. The Morgan fingerprint density at radius 1 is 0.938 bits per heavy atom. The first-order valence-corrected chi connectivity index (χ1v) is 11.9. The lowest BCUT2D eigenvalue weighted by molar-refractivity contribution is -0.0436. The van der Waals surface area contributed by atoms with Crippen LogP contribution in [0.15, 0.2) is 77.2 Å². The molecule has 1 heterocycles. The number of hydrogen-bond acceptors (Lipinski definition) is 2. The van der Waals surface area contributed by atoms with Crippen LogP contribution in [0.3, 0.4) is 0 Å². The molecule has 32 heavy (non-hydrogen) atoms. The predicted octanol–water partition coefficient (Wildman–Crippen LogP) is 4.54. The van der Waals surface area contributed by atoms with E-state index in [4.69, 9.17) is 0 Å². The number of guanidine groups is 1. The molecule has 1 aliphatic carbocycles. The first-order chi connectivity index (χ1) is 15.2. The maximum absolute atomic E-state index is 13.3. The number of fused-ring (bicyclic) bond motifs is 1. The van der Waals surface area contributed by atoms with Gasteiger partial charge in [0, 0.05) is 25.6 Å². The van der Waals surface area contributed by atoms with Crippen LogP contribution < -0.4 is 0 Å². The predicted molar refractivity (Wildman–Crippen MR) is 117 cm³/mol. The van der Waals surface area contributed by atoms with Crippen LogP contribution in [0.1, 0.15) is 24.0 Å². The van der Waals surface area contributed by atoms with Gasteiger partial charge in [0.15, 0.2) is 0 Å². The summed E-state index contributed by atoms with van der Waals surface area (Å²) < 4.78 is 67.4. The van der Waals surface area contributed by atoms with Crippen molar-refractivity contribution in [2.75, 3.05) is 6.54 Å². The van der Waals surface area contributed by atoms with Crippen LogP contribution >= 0.6 is 0 Å². The van der Waals surface area contributed by atoms with Gasteiger partial charge in [-0.3, -0.25) is 0 Å². The summed E-state index contributed by atoms with van der Waals surface area (Å²) in [5, 5.41) is 0. The summed E-state index contributed by atoms with van der Waals surface area (Å²) in [7, 11) is -5.71. The normalized spacial score (nSPS) is 22.8. The Hall–Kier alpha value is -2.81. The van der Waals surface area contributed by atoms with Crippen molar-refractivity contribution in [3.63, 3.8) is 0 Å². The lowest BCUT2D eigenvalue weighted by atomic mass is 9.86. The van der Waals surface area contributed by atoms with E-state index in [0.29, 0.717) is 6.54 Å². The third-order valence-electron chi connectivity index (χ3n) is 5.78. The van der Waals surface area contributed by atoms with E-state index in [0.717, 1.165) is 24.0 Å². The zero-order valence-corrected chi connectivity index (χ0v) is 18.1. The maximum Gasteiger partial charge on any atom is 0.518 e. The summed E-state index contributed by atoms with van der Waals surface area (Å²) in [4.78, 5) is 3.37. The Morgan fingerprint density at radius 2 is 1.53 bits per heavy atom. The van der Waals surface area contributed by atoms with Crippen molar-refractivity contribution in [1.82, 2.24) is 9.80 Å². The van der Waals surface area contributed by atoms with E-state index < -0.39 is 15.5 Å². The molecule has 1 fully saturated rings. The molecule has 0 saturated carbocycles. The second-order valence-electron chi connectivity index (χ2n) is 8.05. The Kier molecular flexibility index (Phi) is 6.28. The molecule has 0 spiro atoms. The molecular formula is C23H24F3N3O2S. The third-order valence-corrected chi connectivity index (χ3v) is 6.77. The number of nitrogens with zero attached hydrogens (tertiary/aromatic N) is 3. The van der Waals surface area contributed by atoms with Crippen molar-refractivity contribution in [1.29, 1.82) is 0 Å². The average Bonchev–Trinajstić information content (AvgIpc) is 2.76. The highest BCUT2D eigenvalue weighted by atomic mass is 32.2. The van der Waals surface area contributed by atoms with Gasteiger partial charge < -0.3 is 9.80 Å². The zero-order chi connectivity index (χ0) is 22.8. The molecule has 0 N–H and O–H groups in total. The Labute approximate surface area is 185 Å². The van der Waals surface area contributed by atoms with Gasteiger partial charge in [-0.05, 0) is 24.0 Å². The smallest absolute Gasteiger partial charge is 0.337 e. The second kappa shape index (κ2) is 8.97. The fraction of sp³-hybridized carbons (Fsp3) is 0.348. The number of hydrogen-bond donors (Lipinski definition) is 0. The monoisotopic (exact) mass is 463 g/mol. The van der Waals surface area contributed by atoms with Gasteiger partial charge in [0.2, 0.25) is 5.96 Å². The van der Waals surface area contributed by atoms with E-state index in [1.165, 1.54) is 0 Å². The van der Waals surface area contributed by atoms with Crippen LogP contribution in [-0.4, -0.2) is 42.3 Å². The van der Waals surface area contributed by atoms with Gasteiger partial charge in [0.05, 0.1) is 6.04 Å². The Balaban J connectivity index is 1.80. The van der Waals surface area contributed by atoms with Crippen molar-refractivity contribution in [2.24, 2.45) is 10.3 Å². The number of alkyl halides is 3.